The molecule has 0 aromatic heterocycles. The molecule has 21 heavy (non-hydrogen) atoms. The Morgan fingerprint density at radius 1 is 1.52 bits per heavy atom. The second kappa shape index (κ2) is 7.48. The number of benzene rings is 1. The van der Waals surface area contributed by atoms with Crippen LogP contribution in [-0.2, 0) is 14.8 Å². The number of rotatable bonds is 7. The lowest BCUT2D eigenvalue weighted by Crippen LogP contribution is -2.22. The Morgan fingerprint density at radius 2 is 2.19 bits per heavy atom. The van der Waals surface area contributed by atoms with Gasteiger partial charge in [0.15, 0.2) is 5.84 Å². The average Bonchev–Trinajstić information content (AvgIpc) is 2.39. The van der Waals surface area contributed by atoms with Crippen molar-refractivity contribution in [2.75, 3.05) is 17.1 Å². The van der Waals surface area contributed by atoms with Gasteiger partial charge in [-0.3, -0.25) is 4.72 Å². The van der Waals surface area contributed by atoms with Crippen LogP contribution < -0.4 is 10.5 Å². The minimum Gasteiger partial charge on any atom is -0.409 e. The molecule has 1 rings (SSSR count). The Bertz CT molecular complexity index is 617. The van der Waals surface area contributed by atoms with E-state index < -0.39 is 10.0 Å². The lowest BCUT2D eigenvalue weighted by Gasteiger charge is -2.12. The third-order valence-corrected chi connectivity index (χ3v) is 4.00. The van der Waals surface area contributed by atoms with Crippen LogP contribution in [0.1, 0.15) is 19.4 Å². The van der Waals surface area contributed by atoms with Gasteiger partial charge in [-0.2, -0.15) is 0 Å². The van der Waals surface area contributed by atoms with E-state index in [9.17, 15) is 8.42 Å². The van der Waals surface area contributed by atoms with E-state index in [0.717, 1.165) is 0 Å². The highest BCUT2D eigenvalue weighted by Crippen LogP contribution is 2.24. The average molecular weight is 336 g/mol. The minimum absolute atomic E-state index is 0.0484. The zero-order valence-electron chi connectivity index (χ0n) is 11.7. The van der Waals surface area contributed by atoms with Crippen LogP contribution in [0.5, 0.6) is 0 Å². The third-order valence-electron chi connectivity index (χ3n) is 2.44. The molecular formula is C12H18ClN3O4S. The topological polar surface area (TPSA) is 114 Å². The number of hydrogen-bond donors (Lipinski definition) is 3. The summed E-state index contributed by atoms with van der Waals surface area (Å²) in [6.07, 6.45) is -0.0484. The normalized spacial score (nSPS) is 12.7. The van der Waals surface area contributed by atoms with Gasteiger partial charge in [0, 0.05) is 5.56 Å². The first kappa shape index (κ1) is 17.5. The molecule has 0 saturated carbocycles. The predicted octanol–water partition coefficient (Wildman–Crippen LogP) is 1.60. The number of nitrogens with one attached hydrogen (secondary N) is 1. The first-order chi connectivity index (χ1) is 9.75. The number of anilines is 1. The molecule has 4 N–H and O–H groups in total. The molecule has 0 aliphatic heterocycles. The molecule has 0 heterocycles. The molecule has 0 spiro atoms. The van der Waals surface area contributed by atoms with E-state index in [1.165, 1.54) is 18.2 Å². The molecule has 0 fully saturated rings. The molecule has 7 nitrogen and oxygen atoms in total. The van der Waals surface area contributed by atoms with Crippen molar-refractivity contribution in [3.8, 4) is 0 Å². The zero-order valence-corrected chi connectivity index (χ0v) is 13.3. The predicted molar refractivity (Wildman–Crippen MR) is 82.5 cm³/mol. The second-order valence-corrected chi connectivity index (χ2v) is 6.77. The fourth-order valence-corrected chi connectivity index (χ4v) is 2.58. The maximum absolute atomic E-state index is 11.9. The molecule has 9 heteroatoms. The van der Waals surface area contributed by atoms with Gasteiger partial charge in [-0.15, -0.1) is 0 Å². The van der Waals surface area contributed by atoms with Crippen LogP contribution in [0.2, 0.25) is 5.02 Å². The number of ether oxygens (including phenoxy) is 1. The fourth-order valence-electron chi connectivity index (χ4n) is 1.43. The van der Waals surface area contributed by atoms with Gasteiger partial charge >= 0.3 is 0 Å². The number of halogens is 1. The monoisotopic (exact) mass is 335 g/mol. The Balaban J connectivity index is 2.86. The van der Waals surface area contributed by atoms with Crippen molar-refractivity contribution in [2.45, 2.75) is 20.0 Å². The standard InChI is InChI=1S/C12H18ClN3O4S/c1-8(2)20-5-6-21(18,19)16-11-7-9(12(14)15-17)3-4-10(11)13/h3-4,7-8,16-17H,5-6H2,1-2H3,(H2,14,15). The SMILES string of the molecule is CC(C)OCCS(=O)(=O)Nc1cc(/C(N)=N/O)ccc1Cl. The van der Waals surface area contributed by atoms with Crippen molar-refractivity contribution in [1.29, 1.82) is 0 Å². The van der Waals surface area contributed by atoms with E-state index in [-0.39, 0.29) is 35.0 Å². The Labute approximate surface area is 128 Å². The summed E-state index contributed by atoms with van der Waals surface area (Å²) in [6, 6.07) is 4.35. The molecule has 0 unspecified atom stereocenters. The molecule has 0 radical (unpaired) electrons. The first-order valence-electron chi connectivity index (χ1n) is 6.14. The summed E-state index contributed by atoms with van der Waals surface area (Å²) >= 11 is 5.93. The molecule has 0 atom stereocenters. The van der Waals surface area contributed by atoms with Crippen molar-refractivity contribution in [2.24, 2.45) is 10.9 Å². The van der Waals surface area contributed by atoms with Crippen molar-refractivity contribution in [3.63, 3.8) is 0 Å². The fraction of sp³-hybridized carbons (Fsp3) is 0.417. The van der Waals surface area contributed by atoms with Crippen LogP contribution in [0.3, 0.4) is 0 Å². The lowest BCUT2D eigenvalue weighted by molar-refractivity contribution is 0.0913. The van der Waals surface area contributed by atoms with E-state index in [0.29, 0.717) is 5.56 Å². The number of hydrogen-bond acceptors (Lipinski definition) is 5. The van der Waals surface area contributed by atoms with Crippen molar-refractivity contribution in [1.82, 2.24) is 0 Å². The maximum Gasteiger partial charge on any atom is 0.235 e. The smallest absolute Gasteiger partial charge is 0.235 e. The largest absolute Gasteiger partial charge is 0.409 e. The zero-order chi connectivity index (χ0) is 16.0. The number of nitrogens with zero attached hydrogens (tertiary/aromatic N) is 1. The van der Waals surface area contributed by atoms with Crippen LogP contribution in [-0.4, -0.2) is 37.9 Å². The summed E-state index contributed by atoms with van der Waals surface area (Å²) in [4.78, 5) is 0. The molecule has 0 aliphatic carbocycles. The van der Waals surface area contributed by atoms with Gasteiger partial charge in [0.05, 0.1) is 29.2 Å². The van der Waals surface area contributed by atoms with Crippen LogP contribution in [0.4, 0.5) is 5.69 Å². The Kier molecular flexibility index (Phi) is 6.25. The van der Waals surface area contributed by atoms with E-state index >= 15 is 0 Å². The van der Waals surface area contributed by atoms with Crippen molar-refractivity contribution < 1.29 is 18.4 Å². The quantitative estimate of drug-likeness (QED) is 0.303. The number of sulfonamides is 1. The Morgan fingerprint density at radius 3 is 2.76 bits per heavy atom. The molecule has 0 bridgehead atoms. The second-order valence-electron chi connectivity index (χ2n) is 4.52. The number of amidine groups is 1. The molecule has 0 saturated heterocycles. The highest BCUT2D eigenvalue weighted by atomic mass is 35.5. The van der Waals surface area contributed by atoms with Crippen molar-refractivity contribution >= 4 is 33.1 Å². The summed E-state index contributed by atoms with van der Waals surface area (Å²) in [5, 5.41) is 11.7. The van der Waals surface area contributed by atoms with Gasteiger partial charge in [0.25, 0.3) is 0 Å². The van der Waals surface area contributed by atoms with E-state index in [2.05, 4.69) is 9.88 Å². The van der Waals surface area contributed by atoms with Gasteiger partial charge in [0.1, 0.15) is 0 Å². The number of oxime groups is 1. The van der Waals surface area contributed by atoms with Gasteiger partial charge < -0.3 is 15.7 Å². The number of nitrogens with two attached hydrogens (primary N) is 1. The van der Waals surface area contributed by atoms with Crippen LogP contribution in [0, 0.1) is 0 Å². The van der Waals surface area contributed by atoms with Crippen LogP contribution >= 0.6 is 11.6 Å². The highest BCUT2D eigenvalue weighted by Gasteiger charge is 2.14. The lowest BCUT2D eigenvalue weighted by atomic mass is 10.2. The highest BCUT2D eigenvalue weighted by molar-refractivity contribution is 7.92. The van der Waals surface area contributed by atoms with Crippen LogP contribution in [0.15, 0.2) is 23.4 Å². The molecule has 1 aromatic rings. The summed E-state index contributed by atoms with van der Waals surface area (Å²) in [5.41, 5.74) is 5.95. The van der Waals surface area contributed by atoms with Gasteiger partial charge in [-0.25, -0.2) is 8.42 Å². The summed E-state index contributed by atoms with van der Waals surface area (Å²) < 4.78 is 31.4. The molecule has 1 aromatic carbocycles. The van der Waals surface area contributed by atoms with Gasteiger partial charge in [-0.1, -0.05) is 16.8 Å². The summed E-state index contributed by atoms with van der Waals surface area (Å²) in [7, 11) is -3.60. The third kappa shape index (κ3) is 5.78. The van der Waals surface area contributed by atoms with Crippen molar-refractivity contribution in [3.05, 3.63) is 28.8 Å². The van der Waals surface area contributed by atoms with E-state index in [1.54, 1.807) is 0 Å². The summed E-state index contributed by atoms with van der Waals surface area (Å²) in [5.74, 6) is -0.342. The molecular weight excluding hydrogens is 318 g/mol. The maximum atomic E-state index is 11.9. The van der Waals surface area contributed by atoms with Gasteiger partial charge in [0.2, 0.25) is 10.0 Å². The molecule has 0 amide bonds. The van der Waals surface area contributed by atoms with Crippen LogP contribution in [0.25, 0.3) is 0 Å². The van der Waals surface area contributed by atoms with E-state index in [1.807, 2.05) is 13.8 Å². The first-order valence-corrected chi connectivity index (χ1v) is 8.17. The Hall–Kier alpha value is -1.51. The molecule has 0 aliphatic rings. The summed E-state index contributed by atoms with van der Waals surface area (Å²) in [6.45, 7) is 3.71. The van der Waals surface area contributed by atoms with E-state index in [4.69, 9.17) is 27.3 Å². The molecule has 118 valence electrons. The minimum atomic E-state index is -3.60. The van der Waals surface area contributed by atoms with Gasteiger partial charge in [-0.05, 0) is 32.0 Å².